The molecule has 30 heavy (non-hydrogen) atoms. The van der Waals surface area contributed by atoms with Crippen LogP contribution >= 0.6 is 11.6 Å². The van der Waals surface area contributed by atoms with Crippen molar-refractivity contribution in [3.8, 4) is 11.1 Å². The van der Waals surface area contributed by atoms with Gasteiger partial charge in [0.1, 0.15) is 5.65 Å². The molecule has 1 unspecified atom stereocenters. The lowest BCUT2D eigenvalue weighted by molar-refractivity contribution is 0.00956. The molecule has 1 aliphatic heterocycles. The highest BCUT2D eigenvalue weighted by Crippen LogP contribution is 2.37. The molecule has 3 aromatic heterocycles. The van der Waals surface area contributed by atoms with Crippen molar-refractivity contribution in [2.45, 2.75) is 12.0 Å². The molecule has 1 aromatic carbocycles. The number of alkyl halides is 2. The van der Waals surface area contributed by atoms with Crippen molar-refractivity contribution in [1.29, 1.82) is 0 Å². The SMILES string of the molecule is Cn1cc2c(Cl)c(-c3c[nH]c4nc(N5CC(N)C(F)(F)C5)n(C)c(=O)c34)ccc2n1. The van der Waals surface area contributed by atoms with Gasteiger partial charge in [-0.1, -0.05) is 17.7 Å². The zero-order chi connectivity index (χ0) is 21.4. The van der Waals surface area contributed by atoms with Crippen LogP contribution in [0.4, 0.5) is 14.7 Å². The first-order valence-corrected chi connectivity index (χ1v) is 9.64. The van der Waals surface area contributed by atoms with E-state index in [1.54, 1.807) is 30.2 Å². The fraction of sp³-hybridized carbons (Fsp3) is 0.316. The van der Waals surface area contributed by atoms with Gasteiger partial charge in [0.25, 0.3) is 11.5 Å². The molecule has 1 fully saturated rings. The minimum Gasteiger partial charge on any atom is -0.345 e. The number of rotatable bonds is 2. The maximum atomic E-state index is 13.9. The van der Waals surface area contributed by atoms with Crippen molar-refractivity contribution in [2.75, 3.05) is 18.0 Å². The normalized spacial score (nSPS) is 18.7. The summed E-state index contributed by atoms with van der Waals surface area (Å²) in [5.74, 6) is -2.90. The van der Waals surface area contributed by atoms with Crippen molar-refractivity contribution < 1.29 is 8.78 Å². The number of nitrogens with two attached hydrogens (primary N) is 1. The van der Waals surface area contributed by atoms with E-state index in [9.17, 15) is 13.6 Å². The maximum absolute atomic E-state index is 13.9. The lowest BCUT2D eigenvalue weighted by Gasteiger charge is -2.19. The van der Waals surface area contributed by atoms with E-state index in [1.807, 2.05) is 6.07 Å². The Balaban J connectivity index is 1.68. The van der Waals surface area contributed by atoms with Crippen LogP contribution in [0.25, 0.3) is 33.1 Å². The molecular weight excluding hydrogens is 416 g/mol. The molecule has 0 spiro atoms. The van der Waals surface area contributed by atoms with Gasteiger partial charge >= 0.3 is 0 Å². The lowest BCUT2D eigenvalue weighted by atomic mass is 10.0. The molecule has 1 saturated heterocycles. The molecule has 11 heteroatoms. The molecule has 156 valence electrons. The smallest absolute Gasteiger partial charge is 0.281 e. The number of aromatic amines is 1. The third-order valence-corrected chi connectivity index (χ3v) is 5.97. The van der Waals surface area contributed by atoms with Crippen LogP contribution in [0.15, 0.2) is 29.3 Å². The first kappa shape index (κ1) is 19.0. The van der Waals surface area contributed by atoms with Crippen LogP contribution in [-0.2, 0) is 14.1 Å². The number of anilines is 1. The molecule has 1 aliphatic rings. The van der Waals surface area contributed by atoms with Gasteiger partial charge < -0.3 is 15.6 Å². The van der Waals surface area contributed by atoms with Gasteiger partial charge in [0, 0.05) is 49.5 Å². The molecule has 1 atom stereocenters. The molecule has 8 nitrogen and oxygen atoms in total. The maximum Gasteiger partial charge on any atom is 0.281 e. The molecule has 0 saturated carbocycles. The summed E-state index contributed by atoms with van der Waals surface area (Å²) < 4.78 is 30.7. The van der Waals surface area contributed by atoms with Crippen molar-refractivity contribution in [1.82, 2.24) is 24.3 Å². The quantitative estimate of drug-likeness (QED) is 0.505. The van der Waals surface area contributed by atoms with E-state index in [0.717, 1.165) is 10.9 Å². The topological polar surface area (TPSA) is 97.8 Å². The Hall–Kier alpha value is -2.98. The second-order valence-electron chi connectivity index (χ2n) is 7.61. The van der Waals surface area contributed by atoms with Gasteiger partial charge in [0.05, 0.1) is 28.5 Å². The predicted octanol–water partition coefficient (Wildman–Crippen LogP) is 2.25. The standard InChI is InChI=1S/C19H18ClF2N7O/c1-27-6-11-12(26-27)4-3-9(15(11)20)10-5-24-16-14(10)17(30)28(2)18(25-16)29-7-13(23)19(21,22)8-29/h3-6,13,24H,7-8,23H2,1-2H3. The number of aryl methyl sites for hydroxylation is 1. The lowest BCUT2D eigenvalue weighted by Crippen LogP contribution is -2.38. The average molecular weight is 434 g/mol. The number of aromatic nitrogens is 5. The highest BCUT2D eigenvalue weighted by molar-refractivity contribution is 6.38. The van der Waals surface area contributed by atoms with Crippen molar-refractivity contribution >= 4 is 39.5 Å². The van der Waals surface area contributed by atoms with Crippen LogP contribution in [0, 0.1) is 0 Å². The van der Waals surface area contributed by atoms with E-state index < -0.39 is 18.5 Å². The number of hydrogen-bond acceptors (Lipinski definition) is 5. The number of nitrogens with one attached hydrogen (secondary N) is 1. The summed E-state index contributed by atoms with van der Waals surface area (Å²) >= 11 is 6.62. The Morgan fingerprint density at radius 2 is 2.07 bits per heavy atom. The zero-order valence-electron chi connectivity index (χ0n) is 16.2. The Bertz CT molecular complexity index is 1370. The Morgan fingerprint density at radius 3 is 2.77 bits per heavy atom. The molecule has 4 heterocycles. The number of fused-ring (bicyclic) bond motifs is 2. The molecule has 4 aromatic rings. The molecule has 5 rings (SSSR count). The predicted molar refractivity (Wildman–Crippen MR) is 111 cm³/mol. The van der Waals surface area contributed by atoms with Crippen LogP contribution in [-0.4, -0.2) is 49.4 Å². The van der Waals surface area contributed by atoms with Crippen molar-refractivity contribution in [3.05, 3.63) is 39.9 Å². The van der Waals surface area contributed by atoms with Crippen LogP contribution in [0.2, 0.25) is 5.02 Å². The van der Waals surface area contributed by atoms with E-state index in [1.165, 1.54) is 16.5 Å². The minimum absolute atomic E-state index is 0.0874. The average Bonchev–Trinajstić information content (AvgIpc) is 3.34. The number of nitrogens with zero attached hydrogens (tertiary/aromatic N) is 5. The summed E-state index contributed by atoms with van der Waals surface area (Å²) in [6, 6.07) is 2.32. The van der Waals surface area contributed by atoms with Gasteiger partial charge in [0.15, 0.2) is 0 Å². The first-order valence-electron chi connectivity index (χ1n) is 9.26. The Labute approximate surface area is 173 Å². The number of benzene rings is 1. The fourth-order valence-corrected chi connectivity index (χ4v) is 4.30. The summed E-state index contributed by atoms with van der Waals surface area (Å²) in [6.45, 7) is -0.674. The van der Waals surface area contributed by atoms with Gasteiger partial charge in [-0.3, -0.25) is 14.0 Å². The molecular formula is C19H18ClF2N7O. The summed E-state index contributed by atoms with van der Waals surface area (Å²) in [6.07, 6.45) is 3.46. The molecule has 0 radical (unpaired) electrons. The molecule has 0 bridgehead atoms. The second-order valence-corrected chi connectivity index (χ2v) is 7.99. The third kappa shape index (κ3) is 2.63. The van der Waals surface area contributed by atoms with E-state index in [0.29, 0.717) is 27.2 Å². The molecule has 3 N–H and O–H groups in total. The Morgan fingerprint density at radius 1 is 1.30 bits per heavy atom. The summed E-state index contributed by atoms with van der Waals surface area (Å²) in [5, 5.41) is 5.90. The van der Waals surface area contributed by atoms with Crippen molar-refractivity contribution in [2.24, 2.45) is 19.8 Å². The van der Waals surface area contributed by atoms with Gasteiger partial charge in [-0.05, 0) is 6.07 Å². The van der Waals surface area contributed by atoms with E-state index >= 15 is 0 Å². The number of halogens is 3. The second kappa shape index (κ2) is 6.26. The van der Waals surface area contributed by atoms with Gasteiger partial charge in [-0.2, -0.15) is 10.1 Å². The van der Waals surface area contributed by atoms with Crippen LogP contribution in [0.5, 0.6) is 0 Å². The first-order chi connectivity index (χ1) is 14.2. The van der Waals surface area contributed by atoms with Crippen LogP contribution in [0.3, 0.4) is 0 Å². The highest BCUT2D eigenvalue weighted by Gasteiger charge is 2.47. The third-order valence-electron chi connectivity index (χ3n) is 5.56. The monoisotopic (exact) mass is 433 g/mol. The van der Waals surface area contributed by atoms with Gasteiger partial charge in [-0.25, -0.2) is 8.78 Å². The minimum atomic E-state index is -3.04. The van der Waals surface area contributed by atoms with Gasteiger partial charge in [-0.15, -0.1) is 0 Å². The molecule has 0 amide bonds. The zero-order valence-corrected chi connectivity index (χ0v) is 16.9. The van der Waals surface area contributed by atoms with E-state index in [-0.39, 0.29) is 18.1 Å². The highest BCUT2D eigenvalue weighted by atomic mass is 35.5. The fourth-order valence-electron chi connectivity index (χ4n) is 3.99. The number of H-pyrrole nitrogens is 1. The molecule has 0 aliphatic carbocycles. The van der Waals surface area contributed by atoms with Gasteiger partial charge in [0.2, 0.25) is 5.95 Å². The number of hydrogen-bond donors (Lipinski definition) is 2. The summed E-state index contributed by atoms with van der Waals surface area (Å²) in [4.78, 5) is 21.9. The van der Waals surface area contributed by atoms with Crippen molar-refractivity contribution in [3.63, 3.8) is 0 Å². The largest absolute Gasteiger partial charge is 0.345 e. The van der Waals surface area contributed by atoms with Crippen LogP contribution < -0.4 is 16.2 Å². The van der Waals surface area contributed by atoms with Crippen LogP contribution in [0.1, 0.15) is 0 Å². The van der Waals surface area contributed by atoms with E-state index in [4.69, 9.17) is 17.3 Å². The Kier molecular flexibility index (Phi) is 3.97. The summed E-state index contributed by atoms with van der Waals surface area (Å²) in [7, 11) is 3.31. The van der Waals surface area contributed by atoms with E-state index in [2.05, 4.69) is 15.1 Å². The summed E-state index contributed by atoms with van der Waals surface area (Å²) in [5.41, 5.74) is 7.47.